The maximum Gasteiger partial charge on any atom is 0.233 e. The fraction of sp³-hybridized carbons (Fsp3) is 0.529. The molecule has 0 saturated carbocycles. The molecule has 0 aliphatic carbocycles. The second kappa shape index (κ2) is 7.46. The second-order valence-corrected chi connectivity index (χ2v) is 6.64. The lowest BCUT2D eigenvalue weighted by Gasteiger charge is -2.30. The molecule has 23 heavy (non-hydrogen) atoms. The SMILES string of the molecule is CC(C)(C)NC(=O)CC(=O)Nc1ccccc1N1CCOCC1. The Labute approximate surface area is 137 Å². The number of anilines is 2. The summed E-state index contributed by atoms with van der Waals surface area (Å²) >= 11 is 0. The van der Waals surface area contributed by atoms with Crippen LogP contribution in [0.5, 0.6) is 0 Å². The third-order valence-electron chi connectivity index (χ3n) is 3.37. The molecule has 0 aromatic heterocycles. The van der Waals surface area contributed by atoms with Crippen LogP contribution in [0, 0.1) is 0 Å². The van der Waals surface area contributed by atoms with Crippen molar-refractivity contribution < 1.29 is 14.3 Å². The Hall–Kier alpha value is -2.08. The van der Waals surface area contributed by atoms with Gasteiger partial charge in [0.1, 0.15) is 6.42 Å². The lowest BCUT2D eigenvalue weighted by molar-refractivity contribution is -0.127. The quantitative estimate of drug-likeness (QED) is 0.830. The van der Waals surface area contributed by atoms with E-state index < -0.39 is 0 Å². The average Bonchev–Trinajstić information content (AvgIpc) is 2.46. The molecule has 1 aromatic carbocycles. The zero-order valence-corrected chi connectivity index (χ0v) is 14.0. The first-order chi connectivity index (χ1) is 10.8. The Balaban J connectivity index is 1.99. The number of para-hydroxylation sites is 2. The van der Waals surface area contributed by atoms with Gasteiger partial charge in [0, 0.05) is 18.6 Å². The topological polar surface area (TPSA) is 70.7 Å². The summed E-state index contributed by atoms with van der Waals surface area (Å²) in [5.41, 5.74) is 1.34. The number of morpholine rings is 1. The molecule has 0 radical (unpaired) electrons. The summed E-state index contributed by atoms with van der Waals surface area (Å²) in [7, 11) is 0. The van der Waals surface area contributed by atoms with E-state index in [1.54, 1.807) is 0 Å². The van der Waals surface area contributed by atoms with E-state index in [1.807, 2.05) is 45.0 Å². The number of hydrogen-bond acceptors (Lipinski definition) is 4. The van der Waals surface area contributed by atoms with Gasteiger partial charge in [0.2, 0.25) is 11.8 Å². The van der Waals surface area contributed by atoms with E-state index in [9.17, 15) is 9.59 Å². The fourth-order valence-corrected chi connectivity index (χ4v) is 2.46. The highest BCUT2D eigenvalue weighted by atomic mass is 16.5. The van der Waals surface area contributed by atoms with Crippen LogP contribution in [0.2, 0.25) is 0 Å². The van der Waals surface area contributed by atoms with Crippen molar-refractivity contribution in [3.63, 3.8) is 0 Å². The number of nitrogens with zero attached hydrogens (tertiary/aromatic N) is 1. The highest BCUT2D eigenvalue weighted by Gasteiger charge is 2.19. The molecule has 0 spiro atoms. The summed E-state index contributed by atoms with van der Waals surface area (Å²) < 4.78 is 5.36. The largest absolute Gasteiger partial charge is 0.378 e. The molecule has 0 unspecified atom stereocenters. The van der Waals surface area contributed by atoms with E-state index in [4.69, 9.17) is 4.74 Å². The van der Waals surface area contributed by atoms with E-state index in [1.165, 1.54) is 0 Å². The summed E-state index contributed by atoms with van der Waals surface area (Å²) in [6, 6.07) is 7.63. The maximum absolute atomic E-state index is 12.1. The maximum atomic E-state index is 12.1. The minimum Gasteiger partial charge on any atom is -0.378 e. The van der Waals surface area contributed by atoms with Gasteiger partial charge >= 0.3 is 0 Å². The standard InChI is InChI=1S/C17H25N3O3/c1-17(2,3)19-16(22)12-15(21)18-13-6-4-5-7-14(13)20-8-10-23-11-9-20/h4-7H,8-12H2,1-3H3,(H,18,21)(H,19,22). The Morgan fingerprint density at radius 2 is 1.78 bits per heavy atom. The van der Waals surface area contributed by atoms with Gasteiger partial charge in [0.05, 0.1) is 24.6 Å². The lowest BCUT2D eigenvalue weighted by Crippen LogP contribution is -2.42. The van der Waals surface area contributed by atoms with Gasteiger partial charge in [0.15, 0.2) is 0 Å². The Kier molecular flexibility index (Phi) is 5.60. The number of amides is 2. The summed E-state index contributed by atoms with van der Waals surface area (Å²) in [5.74, 6) is -0.591. The van der Waals surface area contributed by atoms with Gasteiger partial charge in [-0.15, -0.1) is 0 Å². The number of nitrogens with one attached hydrogen (secondary N) is 2. The second-order valence-electron chi connectivity index (χ2n) is 6.64. The Morgan fingerprint density at radius 1 is 1.13 bits per heavy atom. The molecule has 6 nitrogen and oxygen atoms in total. The van der Waals surface area contributed by atoms with E-state index in [0.717, 1.165) is 24.5 Å². The normalized spacial score (nSPS) is 15.2. The monoisotopic (exact) mass is 319 g/mol. The zero-order valence-electron chi connectivity index (χ0n) is 14.0. The molecule has 2 rings (SSSR count). The van der Waals surface area contributed by atoms with Crippen LogP contribution < -0.4 is 15.5 Å². The van der Waals surface area contributed by atoms with Crippen LogP contribution in [-0.4, -0.2) is 43.7 Å². The molecule has 1 aliphatic rings. The molecule has 2 amide bonds. The van der Waals surface area contributed by atoms with Crippen LogP contribution in [0.15, 0.2) is 24.3 Å². The molecular formula is C17H25N3O3. The summed E-state index contributed by atoms with van der Waals surface area (Å²) in [6.45, 7) is 8.59. The summed E-state index contributed by atoms with van der Waals surface area (Å²) in [6.07, 6.45) is -0.186. The van der Waals surface area contributed by atoms with E-state index in [-0.39, 0.29) is 23.8 Å². The molecule has 1 fully saturated rings. The molecule has 1 saturated heterocycles. The van der Waals surface area contributed by atoms with E-state index >= 15 is 0 Å². The first kappa shape index (κ1) is 17.3. The predicted octanol–water partition coefficient (Wildman–Crippen LogP) is 1.77. The first-order valence-electron chi connectivity index (χ1n) is 7.88. The van der Waals surface area contributed by atoms with Gasteiger partial charge < -0.3 is 20.3 Å². The average molecular weight is 319 g/mol. The van der Waals surface area contributed by atoms with Crippen molar-refractivity contribution in [2.75, 3.05) is 36.5 Å². The van der Waals surface area contributed by atoms with Gasteiger partial charge in [-0.3, -0.25) is 9.59 Å². The molecule has 0 atom stereocenters. The van der Waals surface area contributed by atoms with Crippen LogP contribution in [0.4, 0.5) is 11.4 Å². The van der Waals surface area contributed by atoms with Gasteiger partial charge in [-0.05, 0) is 32.9 Å². The van der Waals surface area contributed by atoms with Crippen molar-refractivity contribution in [2.24, 2.45) is 0 Å². The van der Waals surface area contributed by atoms with Gasteiger partial charge in [0.25, 0.3) is 0 Å². The van der Waals surface area contributed by atoms with Crippen LogP contribution in [0.3, 0.4) is 0 Å². The van der Waals surface area contributed by atoms with Crippen molar-refractivity contribution in [3.05, 3.63) is 24.3 Å². The highest BCUT2D eigenvalue weighted by molar-refractivity contribution is 6.05. The molecule has 1 heterocycles. The number of rotatable bonds is 4. The number of ether oxygens (including phenoxy) is 1. The number of hydrogen-bond donors (Lipinski definition) is 2. The molecule has 6 heteroatoms. The highest BCUT2D eigenvalue weighted by Crippen LogP contribution is 2.26. The van der Waals surface area contributed by atoms with Gasteiger partial charge in [-0.1, -0.05) is 12.1 Å². The molecule has 1 aliphatic heterocycles. The lowest BCUT2D eigenvalue weighted by atomic mass is 10.1. The van der Waals surface area contributed by atoms with Crippen LogP contribution in [0.25, 0.3) is 0 Å². The Bertz CT molecular complexity index is 560. The van der Waals surface area contributed by atoms with Crippen molar-refractivity contribution in [1.82, 2.24) is 5.32 Å². The molecule has 1 aromatic rings. The first-order valence-corrected chi connectivity index (χ1v) is 7.88. The molecule has 126 valence electrons. The third-order valence-corrected chi connectivity index (χ3v) is 3.37. The third kappa shape index (κ3) is 5.56. The summed E-state index contributed by atoms with van der Waals surface area (Å²) in [4.78, 5) is 26.2. The van der Waals surface area contributed by atoms with Crippen LogP contribution >= 0.6 is 0 Å². The number of benzene rings is 1. The van der Waals surface area contributed by atoms with Crippen molar-refractivity contribution in [1.29, 1.82) is 0 Å². The molecular weight excluding hydrogens is 294 g/mol. The van der Waals surface area contributed by atoms with Crippen molar-refractivity contribution >= 4 is 23.2 Å². The number of carbonyl (C=O) groups is 2. The Morgan fingerprint density at radius 3 is 2.43 bits per heavy atom. The van der Waals surface area contributed by atoms with E-state index in [2.05, 4.69) is 15.5 Å². The predicted molar refractivity (Wildman–Crippen MR) is 90.6 cm³/mol. The zero-order chi connectivity index (χ0) is 16.9. The van der Waals surface area contributed by atoms with Crippen LogP contribution in [-0.2, 0) is 14.3 Å². The van der Waals surface area contributed by atoms with Gasteiger partial charge in [-0.2, -0.15) is 0 Å². The fourth-order valence-electron chi connectivity index (χ4n) is 2.46. The summed E-state index contributed by atoms with van der Waals surface area (Å²) in [5, 5.41) is 5.63. The van der Waals surface area contributed by atoms with Crippen molar-refractivity contribution in [2.45, 2.75) is 32.7 Å². The van der Waals surface area contributed by atoms with E-state index in [0.29, 0.717) is 13.2 Å². The number of carbonyl (C=O) groups excluding carboxylic acids is 2. The minimum absolute atomic E-state index is 0.186. The molecule has 2 N–H and O–H groups in total. The minimum atomic E-state index is -0.344. The smallest absolute Gasteiger partial charge is 0.233 e. The van der Waals surface area contributed by atoms with Crippen molar-refractivity contribution in [3.8, 4) is 0 Å². The van der Waals surface area contributed by atoms with Crippen LogP contribution in [0.1, 0.15) is 27.2 Å². The van der Waals surface area contributed by atoms with Gasteiger partial charge in [-0.25, -0.2) is 0 Å². The molecule has 0 bridgehead atoms.